The molecule has 170 valence electrons. The van der Waals surface area contributed by atoms with Gasteiger partial charge in [-0.05, 0) is 78.8 Å². The molecule has 2 atom stereocenters. The first kappa shape index (κ1) is 22.4. The van der Waals surface area contributed by atoms with Crippen molar-refractivity contribution in [3.05, 3.63) is 53.1 Å². The zero-order valence-electron chi connectivity index (χ0n) is 20.2. The number of carbonyl (C=O) groups excluding carboxylic acids is 1. The van der Waals surface area contributed by atoms with Crippen LogP contribution in [-0.4, -0.2) is 15.5 Å². The van der Waals surface area contributed by atoms with Gasteiger partial charge < -0.3 is 15.6 Å². The van der Waals surface area contributed by atoms with Crippen LogP contribution in [0.5, 0.6) is 0 Å². The summed E-state index contributed by atoms with van der Waals surface area (Å²) < 4.78 is 2.36. The number of primary amides is 1. The Labute approximate surface area is 191 Å². The van der Waals surface area contributed by atoms with Gasteiger partial charge in [0.1, 0.15) is 0 Å². The number of nitrogens with two attached hydrogens (primary N) is 1. The number of hydrogen-bond acceptors (Lipinski definition) is 3. The molecule has 32 heavy (non-hydrogen) atoms. The molecule has 1 amide bonds. The third-order valence-corrected chi connectivity index (χ3v) is 6.94. The van der Waals surface area contributed by atoms with Gasteiger partial charge >= 0.3 is 0 Å². The lowest BCUT2D eigenvalue weighted by Gasteiger charge is -2.40. The maximum atomic E-state index is 11.9. The van der Waals surface area contributed by atoms with Gasteiger partial charge in [-0.2, -0.15) is 0 Å². The van der Waals surface area contributed by atoms with Crippen LogP contribution in [0.15, 0.2) is 36.4 Å². The molecule has 1 unspecified atom stereocenters. The number of aromatic nitrogens is 2. The predicted molar refractivity (Wildman–Crippen MR) is 133 cm³/mol. The Morgan fingerprint density at radius 1 is 1.16 bits per heavy atom. The van der Waals surface area contributed by atoms with Gasteiger partial charge in [0.05, 0.1) is 11.0 Å². The Bertz CT molecular complexity index is 1140. The molecular weight excluding hydrogens is 396 g/mol. The van der Waals surface area contributed by atoms with Crippen molar-refractivity contribution in [2.45, 2.75) is 72.8 Å². The molecule has 3 N–H and O–H groups in total. The number of imidazole rings is 1. The second-order valence-electron chi connectivity index (χ2n) is 10.7. The first-order valence-electron chi connectivity index (χ1n) is 11.7. The van der Waals surface area contributed by atoms with Crippen LogP contribution in [-0.2, 0) is 0 Å². The van der Waals surface area contributed by atoms with Crippen LogP contribution in [0.3, 0.4) is 0 Å². The number of amides is 1. The molecule has 0 spiro atoms. The molecule has 2 aromatic carbocycles. The van der Waals surface area contributed by atoms with Gasteiger partial charge in [0, 0.05) is 17.3 Å². The molecule has 5 heteroatoms. The van der Waals surface area contributed by atoms with Crippen LogP contribution >= 0.6 is 0 Å². The third-order valence-electron chi connectivity index (χ3n) is 6.94. The van der Waals surface area contributed by atoms with Crippen molar-refractivity contribution < 1.29 is 4.79 Å². The van der Waals surface area contributed by atoms with E-state index in [9.17, 15) is 4.79 Å². The molecule has 1 fully saturated rings. The van der Waals surface area contributed by atoms with Crippen molar-refractivity contribution in [3.8, 4) is 0 Å². The number of benzene rings is 2. The fraction of sp³-hybridized carbons (Fsp3) is 0.481. The molecule has 1 aliphatic carbocycles. The minimum absolute atomic E-state index is 0.275. The van der Waals surface area contributed by atoms with Crippen LogP contribution in [0.2, 0.25) is 0 Å². The standard InChI is InChI=1S/C27H36N4O/c1-16(2)19-7-9-20(10-8-19)29-26-30-24-18(4)22(25(28)32)11-12-23(24)31(26)21-13-17(3)14-27(5,6)15-21/h7-12,16-17,21H,13-15H2,1-6H3,(H2,28,32)(H,29,30)/t17?,21-/m1/s1. The molecule has 0 aliphatic heterocycles. The van der Waals surface area contributed by atoms with Gasteiger partial charge in [0.15, 0.2) is 0 Å². The molecule has 0 bridgehead atoms. The number of nitrogens with one attached hydrogen (secondary N) is 1. The number of fused-ring (bicyclic) bond motifs is 1. The Morgan fingerprint density at radius 2 is 1.84 bits per heavy atom. The van der Waals surface area contributed by atoms with Crippen LogP contribution in [0.25, 0.3) is 11.0 Å². The van der Waals surface area contributed by atoms with Crippen molar-refractivity contribution in [2.24, 2.45) is 17.1 Å². The van der Waals surface area contributed by atoms with Gasteiger partial charge in [0.25, 0.3) is 0 Å². The summed E-state index contributed by atoms with van der Waals surface area (Å²) >= 11 is 0. The third kappa shape index (κ3) is 4.25. The Hall–Kier alpha value is -2.82. The van der Waals surface area contributed by atoms with Gasteiger partial charge in [-0.25, -0.2) is 4.98 Å². The van der Waals surface area contributed by atoms with E-state index in [0.717, 1.165) is 41.1 Å². The highest BCUT2D eigenvalue weighted by molar-refractivity contribution is 5.99. The van der Waals surface area contributed by atoms with E-state index in [-0.39, 0.29) is 5.41 Å². The second-order valence-corrected chi connectivity index (χ2v) is 10.7. The SMILES string of the molecule is Cc1c(C(N)=O)ccc2c1nc(Nc1ccc(C(C)C)cc1)n2[C@@H]1CC(C)CC(C)(C)C1. The summed E-state index contributed by atoms with van der Waals surface area (Å²) in [5.74, 6) is 1.56. The van der Waals surface area contributed by atoms with E-state index in [1.807, 2.05) is 19.1 Å². The fourth-order valence-electron chi connectivity index (χ4n) is 5.59. The largest absolute Gasteiger partial charge is 0.366 e. The van der Waals surface area contributed by atoms with Crippen LogP contribution in [0, 0.1) is 18.3 Å². The van der Waals surface area contributed by atoms with E-state index in [1.165, 1.54) is 12.0 Å². The van der Waals surface area contributed by atoms with Crippen LogP contribution in [0.4, 0.5) is 11.6 Å². The number of nitrogens with zero attached hydrogens (tertiary/aromatic N) is 2. The van der Waals surface area contributed by atoms with Gasteiger partial charge in [-0.3, -0.25) is 4.79 Å². The highest BCUT2D eigenvalue weighted by Gasteiger charge is 2.35. The molecule has 1 heterocycles. The molecule has 0 saturated heterocycles. The van der Waals surface area contributed by atoms with Crippen molar-refractivity contribution in [1.82, 2.24) is 9.55 Å². The van der Waals surface area contributed by atoms with Crippen molar-refractivity contribution in [3.63, 3.8) is 0 Å². The first-order valence-corrected chi connectivity index (χ1v) is 11.7. The minimum Gasteiger partial charge on any atom is -0.366 e. The van der Waals surface area contributed by atoms with E-state index in [1.54, 1.807) is 0 Å². The molecule has 5 nitrogen and oxygen atoms in total. The zero-order chi connectivity index (χ0) is 23.2. The summed E-state index contributed by atoms with van der Waals surface area (Å²) in [6.45, 7) is 13.4. The first-order chi connectivity index (χ1) is 15.1. The average molecular weight is 433 g/mol. The van der Waals surface area contributed by atoms with Crippen LogP contribution < -0.4 is 11.1 Å². The summed E-state index contributed by atoms with van der Waals surface area (Å²) in [5, 5.41) is 3.58. The van der Waals surface area contributed by atoms with Crippen molar-refractivity contribution >= 4 is 28.6 Å². The molecule has 4 rings (SSSR count). The smallest absolute Gasteiger partial charge is 0.249 e. The topological polar surface area (TPSA) is 72.9 Å². The molecule has 1 aliphatic rings. The van der Waals surface area contributed by atoms with E-state index < -0.39 is 5.91 Å². The monoisotopic (exact) mass is 432 g/mol. The number of hydrogen-bond donors (Lipinski definition) is 2. The normalized spacial score (nSPS) is 20.6. The van der Waals surface area contributed by atoms with E-state index in [2.05, 4.69) is 68.8 Å². The number of carbonyl (C=O) groups is 1. The molecular formula is C27H36N4O. The Balaban J connectivity index is 1.83. The average Bonchev–Trinajstić information content (AvgIpc) is 3.05. The highest BCUT2D eigenvalue weighted by Crippen LogP contribution is 2.46. The molecule has 0 radical (unpaired) electrons. The Morgan fingerprint density at radius 3 is 2.44 bits per heavy atom. The predicted octanol–water partition coefficient (Wildman–Crippen LogP) is 6.70. The highest BCUT2D eigenvalue weighted by atomic mass is 16.1. The zero-order valence-corrected chi connectivity index (χ0v) is 20.2. The summed E-state index contributed by atoms with van der Waals surface area (Å²) in [5.41, 5.74) is 11.5. The maximum Gasteiger partial charge on any atom is 0.249 e. The van der Waals surface area contributed by atoms with Crippen molar-refractivity contribution in [1.29, 1.82) is 0 Å². The number of aryl methyl sites for hydroxylation is 1. The van der Waals surface area contributed by atoms with E-state index in [4.69, 9.17) is 10.7 Å². The number of anilines is 2. The Kier molecular flexibility index (Phi) is 5.78. The minimum atomic E-state index is -0.412. The summed E-state index contributed by atoms with van der Waals surface area (Å²) in [6.07, 6.45) is 3.45. The van der Waals surface area contributed by atoms with Gasteiger partial charge in [-0.1, -0.05) is 46.8 Å². The lowest BCUT2D eigenvalue weighted by molar-refractivity contribution is 0.1000. The quantitative estimate of drug-likeness (QED) is 0.471. The van der Waals surface area contributed by atoms with Crippen LogP contribution in [0.1, 0.15) is 87.3 Å². The van der Waals surface area contributed by atoms with Gasteiger partial charge in [0.2, 0.25) is 11.9 Å². The summed E-state index contributed by atoms with van der Waals surface area (Å²) in [4.78, 5) is 16.9. The molecule has 1 saturated carbocycles. The lowest BCUT2D eigenvalue weighted by Crippen LogP contribution is -2.29. The number of rotatable bonds is 5. The van der Waals surface area contributed by atoms with E-state index >= 15 is 0 Å². The second kappa shape index (κ2) is 8.27. The molecule has 3 aromatic rings. The van der Waals surface area contributed by atoms with Crippen molar-refractivity contribution in [2.75, 3.05) is 5.32 Å². The lowest BCUT2D eigenvalue weighted by atomic mass is 9.70. The maximum absolute atomic E-state index is 11.9. The fourth-order valence-corrected chi connectivity index (χ4v) is 5.59. The summed E-state index contributed by atoms with van der Waals surface area (Å²) in [7, 11) is 0. The van der Waals surface area contributed by atoms with Gasteiger partial charge in [-0.15, -0.1) is 0 Å². The summed E-state index contributed by atoms with van der Waals surface area (Å²) in [6, 6.07) is 12.8. The molecule has 1 aromatic heterocycles. The van der Waals surface area contributed by atoms with E-state index in [0.29, 0.717) is 23.4 Å².